The van der Waals surface area contributed by atoms with E-state index in [1.165, 1.54) is 38.2 Å². The number of nitrogens with one attached hydrogen (secondary N) is 3. The largest absolute Gasteiger partial charge is 0.432 e. The number of halogens is 2. The van der Waals surface area contributed by atoms with E-state index in [-0.39, 0.29) is 11.9 Å². The van der Waals surface area contributed by atoms with Crippen LogP contribution in [0, 0.1) is 11.8 Å². The number of hydrogen-bond donors (Lipinski definition) is 4. The van der Waals surface area contributed by atoms with E-state index in [1.54, 1.807) is 31.5 Å². The lowest BCUT2D eigenvalue weighted by atomic mass is 9.81. The lowest BCUT2D eigenvalue weighted by molar-refractivity contribution is -0.159. The van der Waals surface area contributed by atoms with Gasteiger partial charge in [-0.25, -0.2) is 4.98 Å². The number of nitrogens with zero attached hydrogens (tertiary/aromatic N) is 1. The monoisotopic (exact) mass is 525 g/mol. The highest BCUT2D eigenvalue weighted by Gasteiger charge is 2.24. The maximum absolute atomic E-state index is 13.3. The molecule has 0 bridgehead atoms. The smallest absolute Gasteiger partial charge is 0.394 e. The van der Waals surface area contributed by atoms with E-state index in [0.29, 0.717) is 23.8 Å². The van der Waals surface area contributed by atoms with Gasteiger partial charge in [-0.1, -0.05) is 72.1 Å². The molecule has 1 aromatic carbocycles. The normalized spacial score (nSPS) is 16.6. The van der Waals surface area contributed by atoms with Crippen molar-refractivity contribution in [2.45, 2.75) is 86.3 Å². The lowest BCUT2D eigenvalue weighted by Gasteiger charge is -2.28. The van der Waals surface area contributed by atoms with Crippen LogP contribution in [0.3, 0.4) is 0 Å². The van der Waals surface area contributed by atoms with E-state index in [4.69, 9.17) is 9.57 Å². The highest BCUT2D eigenvalue weighted by atomic mass is 19.3. The van der Waals surface area contributed by atoms with Crippen molar-refractivity contribution in [1.82, 2.24) is 11.1 Å². The number of anilines is 3. The van der Waals surface area contributed by atoms with Crippen LogP contribution in [0.25, 0.3) is 0 Å². The Morgan fingerprint density at radius 1 is 0.973 bits per heavy atom. The average molecular weight is 526 g/mol. The predicted molar refractivity (Wildman–Crippen MR) is 152 cm³/mol. The molecule has 0 amide bonds. The van der Waals surface area contributed by atoms with Crippen LogP contribution in [0.4, 0.5) is 26.0 Å². The molecule has 0 spiro atoms. The van der Waals surface area contributed by atoms with Crippen molar-refractivity contribution in [3.05, 3.63) is 42.1 Å². The number of para-hydroxylation sites is 1. The second-order valence-electron chi connectivity index (χ2n) is 8.47. The summed E-state index contributed by atoms with van der Waals surface area (Å²) in [5.41, 5.74) is 5.11. The van der Waals surface area contributed by atoms with Crippen molar-refractivity contribution < 1.29 is 18.4 Å². The zero-order valence-electron chi connectivity index (χ0n) is 23.8. The van der Waals surface area contributed by atoms with Crippen molar-refractivity contribution in [3.8, 4) is 5.75 Å². The second kappa shape index (κ2) is 18.6. The Hall–Kier alpha value is -2.65. The van der Waals surface area contributed by atoms with Gasteiger partial charge in [0.25, 0.3) is 0 Å². The molecule has 0 atom stereocenters. The van der Waals surface area contributed by atoms with E-state index in [1.807, 2.05) is 33.8 Å². The van der Waals surface area contributed by atoms with Crippen LogP contribution < -0.4 is 27.0 Å². The minimum absolute atomic E-state index is 0. The van der Waals surface area contributed by atoms with Crippen molar-refractivity contribution in [1.29, 1.82) is 0 Å². The van der Waals surface area contributed by atoms with Crippen molar-refractivity contribution in [3.63, 3.8) is 0 Å². The topological polar surface area (TPSA) is 102 Å². The summed E-state index contributed by atoms with van der Waals surface area (Å²) in [6.07, 6.45) is 4.80. The maximum Gasteiger partial charge on any atom is 0.394 e. The van der Waals surface area contributed by atoms with Crippen LogP contribution in [0.1, 0.15) is 79.2 Å². The Bertz CT molecular complexity index is 857. The standard InChI is InChI=1S/C24H34F2N4O2.2C2H6.H3N/c1-4-17-9-11-18(12-10-17)14-27-20-13-23(29-16-21(20)30-31-3)28-15-19-7-5-6-8-22(19)32-24(2,25)26;2*1-2;/h5-8,13,16-18,30H,4,9-12,14-15H2,1-3H3,(H2,27,28,29);2*1-2H3;1H3. The predicted octanol–water partition coefficient (Wildman–Crippen LogP) is 8.50. The molecule has 6 N–H and O–H groups in total. The first-order valence-electron chi connectivity index (χ1n) is 13.3. The number of aromatic nitrogens is 1. The Balaban J connectivity index is 0.00000247. The number of alkyl halides is 2. The van der Waals surface area contributed by atoms with E-state index < -0.39 is 6.11 Å². The van der Waals surface area contributed by atoms with Crippen LogP contribution in [-0.2, 0) is 11.4 Å². The van der Waals surface area contributed by atoms with Gasteiger partial charge < -0.3 is 21.5 Å². The summed E-state index contributed by atoms with van der Waals surface area (Å²) in [4.78, 5) is 9.49. The molecular weight excluding hydrogens is 476 g/mol. The molecule has 7 nitrogen and oxygen atoms in total. The highest BCUT2D eigenvalue weighted by Crippen LogP contribution is 2.32. The van der Waals surface area contributed by atoms with Gasteiger partial charge >= 0.3 is 6.11 Å². The molecule has 9 heteroatoms. The number of rotatable bonds is 11. The summed E-state index contributed by atoms with van der Waals surface area (Å²) >= 11 is 0. The molecule has 0 radical (unpaired) electrons. The maximum atomic E-state index is 13.3. The molecule has 1 heterocycles. The van der Waals surface area contributed by atoms with E-state index in [0.717, 1.165) is 30.8 Å². The molecule has 212 valence electrons. The number of hydrogen-bond acceptors (Lipinski definition) is 7. The molecule has 0 aliphatic heterocycles. The van der Waals surface area contributed by atoms with Crippen LogP contribution in [0.15, 0.2) is 36.5 Å². The highest BCUT2D eigenvalue weighted by molar-refractivity contribution is 5.70. The van der Waals surface area contributed by atoms with Gasteiger partial charge in [-0.2, -0.15) is 8.78 Å². The first-order chi connectivity index (χ1) is 17.4. The lowest BCUT2D eigenvalue weighted by Crippen LogP contribution is -2.21. The van der Waals surface area contributed by atoms with E-state index in [2.05, 4.69) is 28.0 Å². The van der Waals surface area contributed by atoms with Gasteiger partial charge in [0.1, 0.15) is 17.3 Å². The van der Waals surface area contributed by atoms with E-state index >= 15 is 0 Å². The molecule has 1 aliphatic carbocycles. The molecule has 1 aliphatic rings. The third-order valence-electron chi connectivity index (χ3n) is 5.96. The van der Waals surface area contributed by atoms with Crippen LogP contribution in [-0.4, -0.2) is 24.7 Å². The summed E-state index contributed by atoms with van der Waals surface area (Å²) in [5, 5.41) is 6.74. The SMILES string of the molecule is CC.CC.CCC1CCC(CNc2cc(NCc3ccccc3OC(C)(F)F)ncc2NOC)CC1.N. The molecule has 2 aromatic rings. The molecule has 37 heavy (non-hydrogen) atoms. The number of pyridine rings is 1. The Morgan fingerprint density at radius 2 is 1.59 bits per heavy atom. The van der Waals surface area contributed by atoms with Gasteiger partial charge in [0.15, 0.2) is 0 Å². The molecule has 0 unspecified atom stereocenters. The number of benzene rings is 1. The average Bonchev–Trinajstić information content (AvgIpc) is 2.90. The van der Waals surface area contributed by atoms with Gasteiger partial charge in [-0.05, 0) is 30.7 Å². The minimum atomic E-state index is -3.24. The third-order valence-corrected chi connectivity index (χ3v) is 5.96. The van der Waals surface area contributed by atoms with Gasteiger partial charge in [-0.15, -0.1) is 0 Å². The molecular formula is C28H49F2N5O2. The summed E-state index contributed by atoms with van der Waals surface area (Å²) in [5.74, 6) is 2.29. The van der Waals surface area contributed by atoms with E-state index in [9.17, 15) is 8.78 Å². The number of ether oxygens (including phenoxy) is 1. The zero-order valence-corrected chi connectivity index (χ0v) is 23.8. The van der Waals surface area contributed by atoms with Gasteiger partial charge in [0.2, 0.25) is 0 Å². The second-order valence-corrected chi connectivity index (χ2v) is 8.47. The van der Waals surface area contributed by atoms with Crippen molar-refractivity contribution in [2.24, 2.45) is 11.8 Å². The fraction of sp³-hybridized carbons (Fsp3) is 0.607. The van der Waals surface area contributed by atoms with Crippen LogP contribution in [0.5, 0.6) is 5.75 Å². The van der Waals surface area contributed by atoms with Crippen molar-refractivity contribution >= 4 is 17.2 Å². The molecule has 0 saturated heterocycles. The quantitative estimate of drug-likeness (QED) is 0.218. The Labute approximate surface area is 222 Å². The minimum Gasteiger partial charge on any atom is -0.432 e. The Kier molecular flexibility index (Phi) is 17.2. The fourth-order valence-electron chi connectivity index (χ4n) is 4.12. The van der Waals surface area contributed by atoms with Crippen LogP contribution in [0.2, 0.25) is 0 Å². The first kappa shape index (κ1) is 34.4. The zero-order chi connectivity index (χ0) is 27.0. The molecule has 1 fully saturated rings. The fourth-order valence-corrected chi connectivity index (χ4v) is 4.12. The van der Waals surface area contributed by atoms with Gasteiger partial charge in [0.05, 0.1) is 19.0 Å². The summed E-state index contributed by atoms with van der Waals surface area (Å²) < 4.78 is 31.4. The molecule has 1 saturated carbocycles. The van der Waals surface area contributed by atoms with Gasteiger partial charge in [-0.3, -0.25) is 10.3 Å². The summed E-state index contributed by atoms with van der Waals surface area (Å²) in [7, 11) is 1.56. The Morgan fingerprint density at radius 3 is 2.19 bits per heavy atom. The molecule has 1 aromatic heterocycles. The summed E-state index contributed by atoms with van der Waals surface area (Å²) in [6.45, 7) is 12.2. The van der Waals surface area contributed by atoms with Crippen molar-refractivity contribution in [2.75, 3.05) is 29.8 Å². The van der Waals surface area contributed by atoms with Gasteiger partial charge in [0, 0.05) is 31.6 Å². The summed E-state index contributed by atoms with van der Waals surface area (Å²) in [6, 6.07) is 8.65. The first-order valence-corrected chi connectivity index (χ1v) is 13.3. The third kappa shape index (κ3) is 12.4. The molecule has 3 rings (SSSR count). The van der Waals surface area contributed by atoms with Crippen LogP contribution >= 0.6 is 0 Å².